The van der Waals surface area contributed by atoms with E-state index in [1.807, 2.05) is 6.07 Å². The van der Waals surface area contributed by atoms with Crippen LogP contribution in [0.1, 0.15) is 37.6 Å². The average Bonchev–Trinajstić information content (AvgIpc) is 3.12. The van der Waals surface area contributed by atoms with E-state index >= 15 is 0 Å². The van der Waals surface area contributed by atoms with Gasteiger partial charge >= 0.3 is 0 Å². The molecule has 2 heterocycles. The average molecular weight is 308 g/mol. The van der Waals surface area contributed by atoms with E-state index in [9.17, 15) is 0 Å². The summed E-state index contributed by atoms with van der Waals surface area (Å²) in [5, 5.41) is 4.87. The molecule has 0 saturated heterocycles. The van der Waals surface area contributed by atoms with Gasteiger partial charge in [0.25, 0.3) is 0 Å². The van der Waals surface area contributed by atoms with Gasteiger partial charge in [0.15, 0.2) is 0 Å². The normalized spacial score (nSPS) is 14.5. The van der Waals surface area contributed by atoms with Crippen molar-refractivity contribution in [2.45, 2.75) is 45.2 Å². The standard InChI is InChI=1S/C15H18ClN3S/c1-2-3-14-17-13(16)8-15(18-14)19(12-4-5-12)9-11-6-7-20-10-11/h6-8,10,12H,2-5,9H2,1H3. The Bertz CT molecular complexity index is 567. The summed E-state index contributed by atoms with van der Waals surface area (Å²) in [6.45, 7) is 3.04. The Morgan fingerprint density at radius 2 is 2.25 bits per heavy atom. The zero-order valence-corrected chi connectivity index (χ0v) is 13.1. The molecule has 0 N–H and O–H groups in total. The molecular weight excluding hydrogens is 290 g/mol. The van der Waals surface area contributed by atoms with Gasteiger partial charge in [-0.2, -0.15) is 11.3 Å². The summed E-state index contributed by atoms with van der Waals surface area (Å²) >= 11 is 7.90. The Hall–Kier alpha value is -1.13. The molecule has 0 spiro atoms. The maximum absolute atomic E-state index is 6.16. The SMILES string of the molecule is CCCc1nc(Cl)cc(N(Cc2ccsc2)C2CC2)n1. The van der Waals surface area contributed by atoms with Crippen LogP contribution >= 0.6 is 22.9 Å². The van der Waals surface area contributed by atoms with Crippen LogP contribution in [0.5, 0.6) is 0 Å². The van der Waals surface area contributed by atoms with Crippen molar-refractivity contribution < 1.29 is 0 Å². The van der Waals surface area contributed by atoms with E-state index in [0.717, 1.165) is 31.0 Å². The van der Waals surface area contributed by atoms with Crippen LogP contribution < -0.4 is 4.90 Å². The van der Waals surface area contributed by atoms with Gasteiger partial charge in [-0.25, -0.2) is 9.97 Å². The zero-order valence-electron chi connectivity index (χ0n) is 11.6. The maximum Gasteiger partial charge on any atom is 0.134 e. The molecule has 0 bridgehead atoms. The first-order valence-electron chi connectivity index (χ1n) is 7.07. The van der Waals surface area contributed by atoms with Crippen molar-refractivity contribution in [3.05, 3.63) is 39.4 Å². The van der Waals surface area contributed by atoms with Crippen LogP contribution in [0.4, 0.5) is 5.82 Å². The van der Waals surface area contributed by atoms with Gasteiger partial charge in [0.2, 0.25) is 0 Å². The lowest BCUT2D eigenvalue weighted by molar-refractivity contribution is 0.757. The summed E-state index contributed by atoms with van der Waals surface area (Å²) < 4.78 is 0. The monoisotopic (exact) mass is 307 g/mol. The Kier molecular flexibility index (Phi) is 4.22. The number of aryl methyl sites for hydroxylation is 1. The Labute approximate surface area is 128 Å². The maximum atomic E-state index is 6.16. The van der Waals surface area contributed by atoms with Crippen LogP contribution in [0.3, 0.4) is 0 Å². The zero-order chi connectivity index (χ0) is 13.9. The van der Waals surface area contributed by atoms with Crippen molar-refractivity contribution >= 4 is 28.8 Å². The molecule has 1 fully saturated rings. The number of rotatable bonds is 6. The molecule has 106 valence electrons. The third-order valence-corrected chi connectivity index (χ3v) is 4.34. The summed E-state index contributed by atoms with van der Waals surface area (Å²) in [5.41, 5.74) is 1.34. The van der Waals surface area contributed by atoms with Gasteiger partial charge in [0.1, 0.15) is 16.8 Å². The van der Waals surface area contributed by atoms with Gasteiger partial charge in [-0.15, -0.1) is 0 Å². The number of halogens is 1. The Morgan fingerprint density at radius 3 is 2.90 bits per heavy atom. The lowest BCUT2D eigenvalue weighted by Crippen LogP contribution is -2.26. The minimum Gasteiger partial charge on any atom is -0.349 e. The van der Waals surface area contributed by atoms with E-state index in [4.69, 9.17) is 16.6 Å². The lowest BCUT2D eigenvalue weighted by Gasteiger charge is -2.23. The van der Waals surface area contributed by atoms with Crippen molar-refractivity contribution in [3.8, 4) is 0 Å². The number of hydrogen-bond acceptors (Lipinski definition) is 4. The van der Waals surface area contributed by atoms with Gasteiger partial charge in [-0.3, -0.25) is 0 Å². The second-order valence-corrected chi connectivity index (χ2v) is 6.37. The van der Waals surface area contributed by atoms with E-state index in [0.29, 0.717) is 11.2 Å². The Morgan fingerprint density at radius 1 is 1.40 bits per heavy atom. The van der Waals surface area contributed by atoms with E-state index in [-0.39, 0.29) is 0 Å². The molecule has 1 saturated carbocycles. The van der Waals surface area contributed by atoms with Crippen LogP contribution in [-0.4, -0.2) is 16.0 Å². The quantitative estimate of drug-likeness (QED) is 0.745. The molecule has 0 aromatic carbocycles. The van der Waals surface area contributed by atoms with Crippen molar-refractivity contribution in [1.29, 1.82) is 0 Å². The fourth-order valence-electron chi connectivity index (χ4n) is 2.30. The number of hydrogen-bond donors (Lipinski definition) is 0. The van der Waals surface area contributed by atoms with Crippen molar-refractivity contribution in [3.63, 3.8) is 0 Å². The number of anilines is 1. The van der Waals surface area contributed by atoms with Gasteiger partial charge < -0.3 is 4.90 Å². The molecule has 3 rings (SSSR count). The fraction of sp³-hybridized carbons (Fsp3) is 0.467. The second kappa shape index (κ2) is 6.10. The van der Waals surface area contributed by atoms with Crippen LogP contribution in [0.25, 0.3) is 0 Å². The highest BCUT2D eigenvalue weighted by Gasteiger charge is 2.30. The molecule has 0 unspecified atom stereocenters. The predicted octanol–water partition coefficient (Wildman–Crippen LogP) is 4.31. The molecule has 20 heavy (non-hydrogen) atoms. The van der Waals surface area contributed by atoms with Crippen LogP contribution in [0.15, 0.2) is 22.9 Å². The van der Waals surface area contributed by atoms with Crippen LogP contribution in [0, 0.1) is 0 Å². The molecular formula is C15H18ClN3S. The number of nitrogens with zero attached hydrogens (tertiary/aromatic N) is 3. The van der Waals surface area contributed by atoms with E-state index in [2.05, 4.69) is 33.6 Å². The van der Waals surface area contributed by atoms with Crippen molar-refractivity contribution in [2.24, 2.45) is 0 Å². The van der Waals surface area contributed by atoms with E-state index in [1.165, 1.54) is 18.4 Å². The highest BCUT2D eigenvalue weighted by Crippen LogP contribution is 2.33. The van der Waals surface area contributed by atoms with Gasteiger partial charge in [0, 0.05) is 25.1 Å². The summed E-state index contributed by atoms with van der Waals surface area (Å²) in [5.74, 6) is 1.83. The minimum atomic E-state index is 0.550. The Balaban J connectivity index is 1.86. The van der Waals surface area contributed by atoms with E-state index in [1.54, 1.807) is 11.3 Å². The first-order valence-corrected chi connectivity index (χ1v) is 8.39. The first kappa shape index (κ1) is 13.8. The molecule has 2 aromatic rings. The largest absolute Gasteiger partial charge is 0.349 e. The highest BCUT2D eigenvalue weighted by molar-refractivity contribution is 7.07. The van der Waals surface area contributed by atoms with Gasteiger partial charge in [0.05, 0.1) is 0 Å². The van der Waals surface area contributed by atoms with Crippen molar-refractivity contribution in [1.82, 2.24) is 9.97 Å². The smallest absolute Gasteiger partial charge is 0.134 e. The predicted molar refractivity (Wildman–Crippen MR) is 84.6 cm³/mol. The third-order valence-electron chi connectivity index (χ3n) is 3.42. The van der Waals surface area contributed by atoms with Crippen LogP contribution in [0.2, 0.25) is 5.15 Å². The van der Waals surface area contributed by atoms with Gasteiger partial charge in [-0.1, -0.05) is 18.5 Å². The molecule has 0 amide bonds. The molecule has 0 atom stereocenters. The molecule has 0 radical (unpaired) electrons. The van der Waals surface area contributed by atoms with Gasteiger partial charge in [-0.05, 0) is 41.7 Å². The van der Waals surface area contributed by atoms with Crippen LogP contribution in [-0.2, 0) is 13.0 Å². The molecule has 2 aromatic heterocycles. The highest BCUT2D eigenvalue weighted by atomic mass is 35.5. The molecule has 5 heteroatoms. The second-order valence-electron chi connectivity index (χ2n) is 5.21. The summed E-state index contributed by atoms with van der Waals surface area (Å²) in [7, 11) is 0. The summed E-state index contributed by atoms with van der Waals surface area (Å²) in [6.07, 6.45) is 4.40. The van der Waals surface area contributed by atoms with E-state index < -0.39 is 0 Å². The molecule has 0 aliphatic heterocycles. The number of thiophene rings is 1. The topological polar surface area (TPSA) is 29.0 Å². The van der Waals surface area contributed by atoms with Crippen molar-refractivity contribution in [2.75, 3.05) is 4.90 Å². The summed E-state index contributed by atoms with van der Waals surface area (Å²) in [4.78, 5) is 11.4. The molecule has 1 aliphatic rings. The summed E-state index contributed by atoms with van der Waals surface area (Å²) in [6, 6.07) is 4.68. The molecule has 1 aliphatic carbocycles. The third kappa shape index (κ3) is 3.30. The minimum absolute atomic E-state index is 0.550. The first-order chi connectivity index (χ1) is 9.76. The number of aromatic nitrogens is 2. The fourth-order valence-corrected chi connectivity index (χ4v) is 3.15. The molecule has 3 nitrogen and oxygen atoms in total. The lowest BCUT2D eigenvalue weighted by atomic mass is 10.3.